The molecule has 2 N–H and O–H groups in total. The molecule has 1 saturated heterocycles. The van der Waals surface area contributed by atoms with Crippen LogP contribution in [0.5, 0.6) is 0 Å². The van der Waals surface area contributed by atoms with Crippen molar-refractivity contribution >= 4 is 11.6 Å². The van der Waals surface area contributed by atoms with Gasteiger partial charge in [0.05, 0.1) is 0 Å². The van der Waals surface area contributed by atoms with Crippen LogP contribution in [-0.4, -0.2) is 29.5 Å². The zero-order valence-electron chi connectivity index (χ0n) is 7.86. The Balaban J connectivity index is 2.05. The van der Waals surface area contributed by atoms with E-state index < -0.39 is 6.17 Å². The normalized spacial score (nSPS) is 18.5. The van der Waals surface area contributed by atoms with Crippen molar-refractivity contribution in [1.82, 2.24) is 10.2 Å². The van der Waals surface area contributed by atoms with Gasteiger partial charge in [0.1, 0.15) is 12.0 Å². The van der Waals surface area contributed by atoms with Crippen molar-refractivity contribution in [3.05, 3.63) is 12.1 Å². The van der Waals surface area contributed by atoms with Gasteiger partial charge in [-0.05, 0) is 25.0 Å². The molecule has 2 heterocycles. The molecule has 1 fully saturated rings. The fourth-order valence-corrected chi connectivity index (χ4v) is 1.58. The number of alkyl halides is 1. The van der Waals surface area contributed by atoms with E-state index in [1.807, 2.05) is 11.0 Å². The van der Waals surface area contributed by atoms with Crippen LogP contribution in [0, 0.1) is 0 Å². The van der Waals surface area contributed by atoms with Gasteiger partial charge >= 0.3 is 0 Å². The van der Waals surface area contributed by atoms with Crippen molar-refractivity contribution in [2.45, 2.75) is 19.0 Å². The van der Waals surface area contributed by atoms with Gasteiger partial charge in [-0.25, -0.2) is 4.39 Å². The van der Waals surface area contributed by atoms with Crippen LogP contribution >= 0.6 is 0 Å². The second-order valence-corrected chi connectivity index (χ2v) is 3.48. The Morgan fingerprint density at radius 1 is 1.29 bits per heavy atom. The number of anilines is 2. The van der Waals surface area contributed by atoms with E-state index in [2.05, 4.69) is 10.2 Å². The highest BCUT2D eigenvalue weighted by molar-refractivity contribution is 5.41. The monoisotopic (exact) mass is 196 g/mol. The minimum atomic E-state index is -0.659. The number of hydrogen-bond donors (Lipinski definition) is 1. The highest BCUT2D eigenvalue weighted by Gasteiger charge is 2.19. The second kappa shape index (κ2) is 3.77. The zero-order valence-corrected chi connectivity index (χ0v) is 7.86. The summed E-state index contributed by atoms with van der Waals surface area (Å²) < 4.78 is 12.9. The molecule has 0 atom stereocenters. The molecular formula is C9H13FN4. The summed E-state index contributed by atoms with van der Waals surface area (Å²) in [7, 11) is 0. The number of hydrogen-bond acceptors (Lipinski definition) is 4. The predicted molar refractivity (Wildman–Crippen MR) is 52.8 cm³/mol. The lowest BCUT2D eigenvalue weighted by Crippen LogP contribution is -2.35. The Morgan fingerprint density at radius 3 is 2.57 bits per heavy atom. The van der Waals surface area contributed by atoms with E-state index in [4.69, 9.17) is 5.73 Å². The van der Waals surface area contributed by atoms with Crippen molar-refractivity contribution in [2.75, 3.05) is 23.7 Å². The predicted octanol–water partition coefficient (Wildman–Crippen LogP) is 0.997. The van der Waals surface area contributed by atoms with E-state index in [1.54, 1.807) is 6.07 Å². The van der Waals surface area contributed by atoms with Crippen molar-refractivity contribution < 1.29 is 4.39 Å². The molecule has 0 saturated carbocycles. The molecule has 1 aliphatic rings. The third-order valence-electron chi connectivity index (χ3n) is 2.42. The second-order valence-electron chi connectivity index (χ2n) is 3.48. The van der Waals surface area contributed by atoms with Crippen LogP contribution in [0.25, 0.3) is 0 Å². The lowest BCUT2D eigenvalue weighted by Gasteiger charge is -2.29. The molecule has 76 valence electrons. The molecule has 1 aliphatic heterocycles. The summed E-state index contributed by atoms with van der Waals surface area (Å²) in [6, 6.07) is 3.53. The fraction of sp³-hybridized carbons (Fsp3) is 0.556. The summed E-state index contributed by atoms with van der Waals surface area (Å²) in [4.78, 5) is 2.03. The Bertz CT molecular complexity index is 292. The third kappa shape index (κ3) is 1.92. The Morgan fingerprint density at radius 2 is 2.00 bits per heavy atom. The zero-order chi connectivity index (χ0) is 9.97. The first-order valence-electron chi connectivity index (χ1n) is 4.74. The molecular weight excluding hydrogens is 183 g/mol. The molecule has 14 heavy (non-hydrogen) atoms. The van der Waals surface area contributed by atoms with Crippen LogP contribution in [0.3, 0.4) is 0 Å². The molecule has 4 nitrogen and oxygen atoms in total. The van der Waals surface area contributed by atoms with Gasteiger partial charge in [-0.2, -0.15) is 0 Å². The SMILES string of the molecule is Nc1ccc(N2CCC(F)CC2)nn1. The summed E-state index contributed by atoms with van der Waals surface area (Å²) >= 11 is 0. The van der Waals surface area contributed by atoms with E-state index in [0.29, 0.717) is 31.7 Å². The van der Waals surface area contributed by atoms with Crippen molar-refractivity contribution in [1.29, 1.82) is 0 Å². The first-order valence-corrected chi connectivity index (χ1v) is 4.74. The van der Waals surface area contributed by atoms with Gasteiger partial charge in [0.25, 0.3) is 0 Å². The number of aromatic nitrogens is 2. The quantitative estimate of drug-likeness (QED) is 0.728. The summed E-state index contributed by atoms with van der Waals surface area (Å²) in [5, 5.41) is 7.72. The van der Waals surface area contributed by atoms with Crippen LogP contribution in [0.1, 0.15) is 12.8 Å². The van der Waals surface area contributed by atoms with Crippen LogP contribution in [0.2, 0.25) is 0 Å². The number of rotatable bonds is 1. The standard InChI is InChI=1S/C9H13FN4/c10-7-3-5-14(6-4-7)9-2-1-8(11)12-13-9/h1-2,7H,3-6H2,(H2,11,12). The van der Waals surface area contributed by atoms with Crippen molar-refractivity contribution in [3.63, 3.8) is 0 Å². The maximum Gasteiger partial charge on any atom is 0.151 e. The maximum absolute atomic E-state index is 12.9. The first-order chi connectivity index (χ1) is 6.75. The topological polar surface area (TPSA) is 55.0 Å². The van der Waals surface area contributed by atoms with Gasteiger partial charge in [-0.1, -0.05) is 0 Å². The fourth-order valence-electron chi connectivity index (χ4n) is 1.58. The van der Waals surface area contributed by atoms with Crippen molar-refractivity contribution in [3.8, 4) is 0 Å². The number of nitrogens with zero attached hydrogens (tertiary/aromatic N) is 3. The lowest BCUT2D eigenvalue weighted by atomic mass is 10.1. The molecule has 1 aromatic rings. The Hall–Kier alpha value is -1.39. The maximum atomic E-state index is 12.9. The molecule has 1 aromatic heterocycles. The minimum absolute atomic E-state index is 0.411. The highest BCUT2D eigenvalue weighted by Crippen LogP contribution is 2.18. The third-order valence-corrected chi connectivity index (χ3v) is 2.42. The molecule has 0 amide bonds. The summed E-state index contributed by atoms with van der Waals surface area (Å²) in [5.41, 5.74) is 5.43. The van der Waals surface area contributed by atoms with Gasteiger partial charge < -0.3 is 10.6 Å². The van der Waals surface area contributed by atoms with E-state index >= 15 is 0 Å². The number of nitrogen functional groups attached to an aromatic ring is 1. The minimum Gasteiger partial charge on any atom is -0.382 e. The van der Waals surface area contributed by atoms with Crippen LogP contribution < -0.4 is 10.6 Å². The number of halogens is 1. The molecule has 0 aromatic carbocycles. The van der Waals surface area contributed by atoms with E-state index in [-0.39, 0.29) is 0 Å². The van der Waals surface area contributed by atoms with Gasteiger partial charge in [-0.15, -0.1) is 10.2 Å². The lowest BCUT2D eigenvalue weighted by molar-refractivity contribution is 0.276. The molecule has 0 spiro atoms. The Labute approximate surface area is 81.9 Å². The van der Waals surface area contributed by atoms with E-state index in [1.165, 1.54) is 0 Å². The smallest absolute Gasteiger partial charge is 0.151 e. The molecule has 2 rings (SSSR count). The largest absolute Gasteiger partial charge is 0.382 e. The van der Waals surface area contributed by atoms with Crippen LogP contribution in [0.15, 0.2) is 12.1 Å². The first kappa shape index (κ1) is 9.18. The van der Waals surface area contributed by atoms with Gasteiger partial charge in [0, 0.05) is 13.1 Å². The molecule has 0 aliphatic carbocycles. The highest BCUT2D eigenvalue weighted by atomic mass is 19.1. The molecule has 0 unspecified atom stereocenters. The van der Waals surface area contributed by atoms with E-state index in [0.717, 1.165) is 5.82 Å². The van der Waals surface area contributed by atoms with Gasteiger partial charge in [0.15, 0.2) is 5.82 Å². The van der Waals surface area contributed by atoms with Gasteiger partial charge in [-0.3, -0.25) is 0 Å². The Kier molecular flexibility index (Phi) is 2.47. The van der Waals surface area contributed by atoms with Crippen molar-refractivity contribution in [2.24, 2.45) is 0 Å². The molecule has 0 bridgehead atoms. The summed E-state index contributed by atoms with van der Waals surface area (Å²) in [6.07, 6.45) is 0.492. The summed E-state index contributed by atoms with van der Waals surface area (Å²) in [6.45, 7) is 1.42. The number of piperidine rings is 1. The van der Waals surface area contributed by atoms with Gasteiger partial charge in [0.2, 0.25) is 0 Å². The van der Waals surface area contributed by atoms with Crippen LogP contribution in [-0.2, 0) is 0 Å². The van der Waals surface area contributed by atoms with E-state index in [9.17, 15) is 4.39 Å². The summed E-state index contributed by atoms with van der Waals surface area (Å²) in [5.74, 6) is 1.19. The van der Waals surface area contributed by atoms with Crippen LogP contribution in [0.4, 0.5) is 16.0 Å². The average Bonchev–Trinajstić information content (AvgIpc) is 2.21. The molecule has 0 radical (unpaired) electrons. The molecule has 5 heteroatoms. The number of nitrogens with two attached hydrogens (primary N) is 1. The average molecular weight is 196 g/mol.